The second-order valence-corrected chi connectivity index (χ2v) is 5.18. The van der Waals surface area contributed by atoms with Crippen molar-refractivity contribution >= 4 is 5.69 Å². The molecule has 1 unspecified atom stereocenters. The summed E-state index contributed by atoms with van der Waals surface area (Å²) >= 11 is 0. The molecule has 0 aromatic heterocycles. The van der Waals surface area contributed by atoms with E-state index in [0.29, 0.717) is 23.4 Å². The predicted molar refractivity (Wildman–Crippen MR) is 65.8 cm³/mol. The van der Waals surface area contributed by atoms with Crippen LogP contribution in [0.5, 0.6) is 0 Å². The number of nitrogens with zero attached hydrogens (tertiary/aromatic N) is 3. The highest BCUT2D eigenvalue weighted by Crippen LogP contribution is 2.53. The number of aliphatic hydroxyl groups is 1. The molecule has 1 aliphatic carbocycles. The van der Waals surface area contributed by atoms with Gasteiger partial charge in [-0.1, -0.05) is 6.07 Å². The molecule has 90 valence electrons. The summed E-state index contributed by atoms with van der Waals surface area (Å²) in [6, 6.07) is 9.44. The van der Waals surface area contributed by atoms with Crippen molar-refractivity contribution in [3.63, 3.8) is 0 Å². The standard InChI is InChI=1S/C14H13N3O/c15-6-10-2-1-3-11(7-16)13(10)17-8-12(18)14(9-17)4-5-14/h1-3,12,18H,4-5,8-9H2. The molecule has 1 saturated heterocycles. The van der Waals surface area contributed by atoms with Crippen molar-refractivity contribution in [1.82, 2.24) is 0 Å². The Labute approximate surface area is 106 Å². The lowest BCUT2D eigenvalue weighted by Crippen LogP contribution is -2.23. The molecule has 1 saturated carbocycles. The van der Waals surface area contributed by atoms with Crippen molar-refractivity contribution in [1.29, 1.82) is 10.5 Å². The highest BCUT2D eigenvalue weighted by molar-refractivity contribution is 5.69. The lowest BCUT2D eigenvalue weighted by atomic mass is 10.0. The summed E-state index contributed by atoms with van der Waals surface area (Å²) in [4.78, 5) is 1.99. The summed E-state index contributed by atoms with van der Waals surface area (Å²) in [7, 11) is 0. The van der Waals surface area contributed by atoms with E-state index in [4.69, 9.17) is 10.5 Å². The van der Waals surface area contributed by atoms with E-state index in [1.54, 1.807) is 18.2 Å². The number of para-hydroxylation sites is 1. The first-order chi connectivity index (χ1) is 8.70. The van der Waals surface area contributed by atoms with Crippen LogP contribution in [-0.2, 0) is 0 Å². The maximum absolute atomic E-state index is 10.1. The smallest absolute Gasteiger partial charge is 0.101 e. The van der Waals surface area contributed by atoms with Crippen LogP contribution in [0.4, 0.5) is 5.69 Å². The summed E-state index contributed by atoms with van der Waals surface area (Å²) < 4.78 is 0. The van der Waals surface area contributed by atoms with Crippen LogP contribution < -0.4 is 4.90 Å². The van der Waals surface area contributed by atoms with Gasteiger partial charge in [0.15, 0.2) is 0 Å². The van der Waals surface area contributed by atoms with E-state index in [1.165, 1.54) is 0 Å². The van der Waals surface area contributed by atoms with Gasteiger partial charge >= 0.3 is 0 Å². The average molecular weight is 239 g/mol. The fourth-order valence-electron chi connectivity index (χ4n) is 2.84. The number of β-amino-alcohol motifs (C(OH)–C–C–N with tert-alkyl or cyclic N) is 1. The number of aliphatic hydroxyl groups excluding tert-OH is 1. The molecular formula is C14H13N3O. The molecule has 2 fully saturated rings. The third-order valence-corrected chi connectivity index (χ3v) is 4.09. The summed E-state index contributed by atoms with van der Waals surface area (Å²) in [5.74, 6) is 0. The molecule has 1 heterocycles. The van der Waals surface area contributed by atoms with Crippen molar-refractivity contribution in [2.24, 2.45) is 5.41 Å². The van der Waals surface area contributed by atoms with Crippen LogP contribution in [0.15, 0.2) is 18.2 Å². The van der Waals surface area contributed by atoms with E-state index in [9.17, 15) is 5.11 Å². The second-order valence-electron chi connectivity index (χ2n) is 5.18. The number of anilines is 1. The Morgan fingerprint density at radius 3 is 2.28 bits per heavy atom. The van der Waals surface area contributed by atoms with Crippen molar-refractivity contribution in [2.45, 2.75) is 18.9 Å². The lowest BCUT2D eigenvalue weighted by Gasteiger charge is -2.20. The Balaban J connectivity index is 2.03. The maximum Gasteiger partial charge on any atom is 0.101 e. The molecular weight excluding hydrogens is 226 g/mol. The SMILES string of the molecule is N#Cc1cccc(C#N)c1N1CC(O)C2(CC2)C1. The molecule has 4 heteroatoms. The normalized spacial score (nSPS) is 23.7. The van der Waals surface area contributed by atoms with Gasteiger partial charge in [-0.3, -0.25) is 0 Å². The molecule has 1 aliphatic heterocycles. The number of hydrogen-bond donors (Lipinski definition) is 1. The molecule has 1 N–H and O–H groups in total. The van der Waals surface area contributed by atoms with E-state index in [2.05, 4.69) is 12.1 Å². The van der Waals surface area contributed by atoms with Crippen LogP contribution in [0.3, 0.4) is 0 Å². The Bertz CT molecular complexity index is 545. The zero-order valence-corrected chi connectivity index (χ0v) is 9.93. The van der Waals surface area contributed by atoms with Gasteiger partial charge in [-0.25, -0.2) is 0 Å². The van der Waals surface area contributed by atoms with Crippen LogP contribution in [0.1, 0.15) is 24.0 Å². The lowest BCUT2D eigenvalue weighted by molar-refractivity contribution is 0.136. The van der Waals surface area contributed by atoms with E-state index in [0.717, 1.165) is 19.4 Å². The van der Waals surface area contributed by atoms with Gasteiger partial charge < -0.3 is 10.0 Å². The molecule has 0 bridgehead atoms. The minimum absolute atomic E-state index is 0.0231. The highest BCUT2D eigenvalue weighted by atomic mass is 16.3. The molecule has 3 rings (SSSR count). The quantitative estimate of drug-likeness (QED) is 0.804. The molecule has 0 radical (unpaired) electrons. The van der Waals surface area contributed by atoms with Gasteiger partial charge in [0.1, 0.15) is 12.1 Å². The van der Waals surface area contributed by atoms with Crippen LogP contribution >= 0.6 is 0 Å². The number of nitriles is 2. The third kappa shape index (κ3) is 1.47. The molecule has 1 atom stereocenters. The predicted octanol–water partition coefficient (Wildman–Crippen LogP) is 1.39. The monoisotopic (exact) mass is 239 g/mol. The Morgan fingerprint density at radius 1 is 1.22 bits per heavy atom. The number of rotatable bonds is 1. The molecule has 2 aliphatic rings. The average Bonchev–Trinajstić information content (AvgIpc) is 3.10. The first kappa shape index (κ1) is 11.1. The molecule has 0 amide bonds. The van der Waals surface area contributed by atoms with Gasteiger partial charge in [-0.05, 0) is 25.0 Å². The van der Waals surface area contributed by atoms with E-state index in [1.807, 2.05) is 4.90 Å². The largest absolute Gasteiger partial charge is 0.391 e. The van der Waals surface area contributed by atoms with Gasteiger partial charge in [-0.15, -0.1) is 0 Å². The van der Waals surface area contributed by atoms with Gasteiger partial charge in [-0.2, -0.15) is 10.5 Å². The number of hydrogen-bond acceptors (Lipinski definition) is 4. The Hall–Kier alpha value is -2.04. The fourth-order valence-corrected chi connectivity index (χ4v) is 2.84. The molecule has 1 aromatic carbocycles. The van der Waals surface area contributed by atoms with E-state index in [-0.39, 0.29) is 11.5 Å². The van der Waals surface area contributed by atoms with Crippen LogP contribution in [0.25, 0.3) is 0 Å². The van der Waals surface area contributed by atoms with Crippen LogP contribution in [0.2, 0.25) is 0 Å². The zero-order chi connectivity index (χ0) is 12.8. The molecule has 1 spiro atoms. The minimum Gasteiger partial charge on any atom is -0.391 e. The zero-order valence-electron chi connectivity index (χ0n) is 9.93. The van der Waals surface area contributed by atoms with Gasteiger partial charge in [0.2, 0.25) is 0 Å². The van der Waals surface area contributed by atoms with Crippen molar-refractivity contribution in [3.8, 4) is 12.1 Å². The van der Waals surface area contributed by atoms with Crippen molar-refractivity contribution in [3.05, 3.63) is 29.3 Å². The van der Waals surface area contributed by atoms with Gasteiger partial charge in [0, 0.05) is 18.5 Å². The van der Waals surface area contributed by atoms with Gasteiger partial charge in [0.05, 0.1) is 22.9 Å². The van der Waals surface area contributed by atoms with E-state index < -0.39 is 0 Å². The molecule has 18 heavy (non-hydrogen) atoms. The summed E-state index contributed by atoms with van der Waals surface area (Å²) in [5, 5.41) is 28.4. The Kier molecular flexibility index (Phi) is 2.29. The first-order valence-corrected chi connectivity index (χ1v) is 6.06. The first-order valence-electron chi connectivity index (χ1n) is 6.06. The highest BCUT2D eigenvalue weighted by Gasteiger charge is 2.55. The fraction of sp³-hybridized carbons (Fsp3) is 0.429. The molecule has 4 nitrogen and oxygen atoms in total. The minimum atomic E-state index is -0.337. The summed E-state index contributed by atoms with van der Waals surface area (Å²) in [6.45, 7) is 1.27. The van der Waals surface area contributed by atoms with Crippen LogP contribution in [-0.4, -0.2) is 24.3 Å². The third-order valence-electron chi connectivity index (χ3n) is 4.09. The summed E-state index contributed by atoms with van der Waals surface area (Å²) in [5.41, 5.74) is 1.73. The Morgan fingerprint density at radius 2 is 1.83 bits per heavy atom. The van der Waals surface area contributed by atoms with Gasteiger partial charge in [0.25, 0.3) is 0 Å². The van der Waals surface area contributed by atoms with Crippen molar-refractivity contribution < 1.29 is 5.11 Å². The van der Waals surface area contributed by atoms with Crippen LogP contribution in [0, 0.1) is 28.1 Å². The molecule has 1 aromatic rings. The second kappa shape index (κ2) is 3.73. The van der Waals surface area contributed by atoms with E-state index >= 15 is 0 Å². The van der Waals surface area contributed by atoms with Crippen molar-refractivity contribution in [2.75, 3.05) is 18.0 Å². The summed E-state index contributed by atoms with van der Waals surface area (Å²) in [6.07, 6.45) is 1.75. The number of benzene rings is 1. The maximum atomic E-state index is 10.1. The topological polar surface area (TPSA) is 71.0 Å².